The maximum absolute atomic E-state index is 5.44. The van der Waals surface area contributed by atoms with Gasteiger partial charge in [-0.15, -0.1) is 0 Å². The van der Waals surface area contributed by atoms with E-state index in [-0.39, 0.29) is 12.2 Å². The lowest BCUT2D eigenvalue weighted by molar-refractivity contribution is -0.0610. The van der Waals surface area contributed by atoms with Crippen molar-refractivity contribution < 1.29 is 9.47 Å². The Labute approximate surface area is 75.4 Å². The Morgan fingerprint density at radius 3 is 2.58 bits per heavy atom. The normalized spacial score (nSPS) is 25.5. The molecule has 0 aromatic rings. The van der Waals surface area contributed by atoms with Crippen LogP contribution in [0.3, 0.4) is 0 Å². The van der Waals surface area contributed by atoms with E-state index in [9.17, 15) is 0 Å². The van der Waals surface area contributed by atoms with E-state index in [4.69, 9.17) is 9.47 Å². The van der Waals surface area contributed by atoms with Gasteiger partial charge in [-0.1, -0.05) is 13.8 Å². The second kappa shape index (κ2) is 7.53. The molecule has 2 atom stereocenters. The largest absolute Gasteiger partial charge is 0.379 e. The van der Waals surface area contributed by atoms with Gasteiger partial charge in [-0.25, -0.2) is 0 Å². The highest BCUT2D eigenvalue weighted by Gasteiger charge is 2.19. The first kappa shape index (κ1) is 11.9. The molecule has 1 N–H and O–H groups in total. The molecule has 0 aromatic carbocycles. The van der Waals surface area contributed by atoms with Crippen LogP contribution in [0.4, 0.5) is 0 Å². The smallest absolute Gasteiger partial charge is 0.0958 e. The lowest BCUT2D eigenvalue weighted by Crippen LogP contribution is -2.44. The van der Waals surface area contributed by atoms with Gasteiger partial charge in [-0.3, -0.25) is 0 Å². The lowest BCUT2D eigenvalue weighted by Gasteiger charge is -2.27. The van der Waals surface area contributed by atoms with Crippen LogP contribution in [0, 0.1) is 0 Å². The summed E-state index contributed by atoms with van der Waals surface area (Å²) < 4.78 is 10.6. The molecule has 0 spiro atoms. The van der Waals surface area contributed by atoms with Crippen molar-refractivity contribution in [1.82, 2.24) is 5.32 Å². The van der Waals surface area contributed by atoms with Crippen molar-refractivity contribution in [2.45, 2.75) is 33.0 Å². The molecule has 1 rings (SSSR count). The van der Waals surface area contributed by atoms with Crippen molar-refractivity contribution in [2.24, 2.45) is 0 Å². The first-order valence-corrected chi connectivity index (χ1v) is 4.69. The van der Waals surface area contributed by atoms with Crippen molar-refractivity contribution in [2.75, 3.05) is 26.8 Å². The van der Waals surface area contributed by atoms with Gasteiger partial charge in [-0.05, 0) is 6.92 Å². The van der Waals surface area contributed by atoms with Gasteiger partial charge in [0, 0.05) is 20.2 Å². The zero-order valence-corrected chi connectivity index (χ0v) is 8.59. The molecule has 0 radical (unpaired) electrons. The molecule has 1 aliphatic heterocycles. The van der Waals surface area contributed by atoms with Crippen LogP contribution in [0.5, 0.6) is 0 Å². The number of hydrogen-bond acceptors (Lipinski definition) is 3. The van der Waals surface area contributed by atoms with E-state index in [0.717, 1.165) is 19.7 Å². The van der Waals surface area contributed by atoms with E-state index < -0.39 is 0 Å². The quantitative estimate of drug-likeness (QED) is 0.680. The SMILES string of the molecule is CC.CO[C@@H](C)[C@@H]1CNCCO1. The van der Waals surface area contributed by atoms with Crippen molar-refractivity contribution in [3.05, 3.63) is 0 Å². The maximum atomic E-state index is 5.44. The number of methoxy groups -OCH3 is 1. The molecule has 0 amide bonds. The molecule has 0 bridgehead atoms. The molecule has 1 aliphatic rings. The maximum Gasteiger partial charge on any atom is 0.0958 e. The molecule has 0 aliphatic carbocycles. The summed E-state index contributed by atoms with van der Waals surface area (Å²) in [6.45, 7) is 8.71. The molecule has 74 valence electrons. The minimum atomic E-state index is 0.202. The van der Waals surface area contributed by atoms with Crippen LogP contribution in [0.1, 0.15) is 20.8 Å². The molecule has 1 heterocycles. The Morgan fingerprint density at radius 1 is 1.50 bits per heavy atom. The predicted octanol–water partition coefficient (Wildman–Crippen LogP) is 1.04. The third kappa shape index (κ3) is 4.04. The summed E-state index contributed by atoms with van der Waals surface area (Å²) in [5.74, 6) is 0. The molecule has 1 saturated heterocycles. The molecule has 1 fully saturated rings. The Morgan fingerprint density at radius 2 is 2.17 bits per heavy atom. The molecule has 3 nitrogen and oxygen atoms in total. The van der Waals surface area contributed by atoms with E-state index in [1.807, 2.05) is 20.8 Å². The van der Waals surface area contributed by atoms with Gasteiger partial charge in [0.2, 0.25) is 0 Å². The van der Waals surface area contributed by atoms with Gasteiger partial charge in [-0.2, -0.15) is 0 Å². The highest BCUT2D eigenvalue weighted by Crippen LogP contribution is 2.03. The Hall–Kier alpha value is -0.120. The number of rotatable bonds is 2. The summed E-state index contributed by atoms with van der Waals surface area (Å²) in [6, 6.07) is 0. The van der Waals surface area contributed by atoms with E-state index in [0.29, 0.717) is 0 Å². The van der Waals surface area contributed by atoms with Crippen LogP contribution in [-0.4, -0.2) is 39.0 Å². The van der Waals surface area contributed by atoms with Gasteiger partial charge in [0.05, 0.1) is 18.8 Å². The van der Waals surface area contributed by atoms with E-state index in [1.165, 1.54) is 0 Å². The summed E-state index contributed by atoms with van der Waals surface area (Å²) in [5.41, 5.74) is 0. The molecular formula is C9H21NO2. The van der Waals surface area contributed by atoms with E-state index in [2.05, 4.69) is 5.32 Å². The lowest BCUT2D eigenvalue weighted by atomic mass is 10.2. The minimum absolute atomic E-state index is 0.202. The first-order valence-electron chi connectivity index (χ1n) is 4.69. The second-order valence-corrected chi connectivity index (χ2v) is 2.55. The highest BCUT2D eigenvalue weighted by molar-refractivity contribution is 4.72. The van der Waals surface area contributed by atoms with Gasteiger partial charge in [0.15, 0.2) is 0 Å². The fourth-order valence-electron chi connectivity index (χ4n) is 1.04. The van der Waals surface area contributed by atoms with Crippen LogP contribution in [-0.2, 0) is 9.47 Å². The molecular weight excluding hydrogens is 154 g/mol. The average Bonchev–Trinajstić information content (AvgIpc) is 2.21. The fourth-order valence-corrected chi connectivity index (χ4v) is 1.04. The predicted molar refractivity (Wildman–Crippen MR) is 50.4 cm³/mol. The van der Waals surface area contributed by atoms with Crippen LogP contribution in [0.15, 0.2) is 0 Å². The molecule has 3 heteroatoms. The number of hydrogen-bond donors (Lipinski definition) is 1. The standard InChI is InChI=1S/C7H15NO2.C2H6/c1-6(9-2)7-5-8-3-4-10-7;1-2/h6-8H,3-5H2,1-2H3;1-2H3/t6-,7-;/m0./s1. The third-order valence-corrected chi connectivity index (χ3v) is 1.85. The second-order valence-electron chi connectivity index (χ2n) is 2.55. The summed E-state index contributed by atoms with van der Waals surface area (Å²) >= 11 is 0. The average molecular weight is 175 g/mol. The molecule has 0 unspecified atom stereocenters. The van der Waals surface area contributed by atoms with Crippen LogP contribution in [0.25, 0.3) is 0 Å². The topological polar surface area (TPSA) is 30.5 Å². The van der Waals surface area contributed by atoms with Gasteiger partial charge in [0.1, 0.15) is 0 Å². The van der Waals surface area contributed by atoms with Crippen LogP contribution in [0.2, 0.25) is 0 Å². The zero-order valence-electron chi connectivity index (χ0n) is 8.59. The first-order chi connectivity index (χ1) is 5.84. The van der Waals surface area contributed by atoms with Crippen molar-refractivity contribution in [3.8, 4) is 0 Å². The van der Waals surface area contributed by atoms with Crippen LogP contribution < -0.4 is 5.32 Å². The van der Waals surface area contributed by atoms with Crippen molar-refractivity contribution in [3.63, 3.8) is 0 Å². The van der Waals surface area contributed by atoms with E-state index in [1.54, 1.807) is 7.11 Å². The van der Waals surface area contributed by atoms with Crippen molar-refractivity contribution >= 4 is 0 Å². The minimum Gasteiger partial charge on any atom is -0.379 e. The third-order valence-electron chi connectivity index (χ3n) is 1.85. The summed E-state index contributed by atoms with van der Waals surface area (Å²) in [7, 11) is 1.71. The molecule has 0 saturated carbocycles. The Balaban J connectivity index is 0.000000561. The molecule has 12 heavy (non-hydrogen) atoms. The van der Waals surface area contributed by atoms with Gasteiger partial charge < -0.3 is 14.8 Å². The highest BCUT2D eigenvalue weighted by atomic mass is 16.5. The Kier molecular flexibility index (Phi) is 7.45. The molecule has 0 aromatic heterocycles. The fraction of sp³-hybridized carbons (Fsp3) is 1.00. The zero-order chi connectivity index (χ0) is 9.40. The number of morpholine rings is 1. The monoisotopic (exact) mass is 175 g/mol. The summed E-state index contributed by atoms with van der Waals surface area (Å²) in [4.78, 5) is 0. The summed E-state index contributed by atoms with van der Waals surface area (Å²) in [6.07, 6.45) is 0.437. The number of nitrogens with one attached hydrogen (secondary N) is 1. The summed E-state index contributed by atoms with van der Waals surface area (Å²) in [5, 5.41) is 3.25. The van der Waals surface area contributed by atoms with Crippen LogP contribution >= 0.6 is 0 Å². The number of ether oxygens (including phenoxy) is 2. The van der Waals surface area contributed by atoms with Gasteiger partial charge in [0.25, 0.3) is 0 Å². The van der Waals surface area contributed by atoms with Crippen molar-refractivity contribution in [1.29, 1.82) is 0 Å². The Bertz CT molecular complexity index is 92.5. The van der Waals surface area contributed by atoms with Gasteiger partial charge >= 0.3 is 0 Å². The van der Waals surface area contributed by atoms with E-state index >= 15 is 0 Å².